The molecule has 1 amide bonds. The molecule has 100 valence electrons. The number of hydrogen-bond acceptors (Lipinski definition) is 3. The lowest BCUT2D eigenvalue weighted by molar-refractivity contribution is 0.102. The summed E-state index contributed by atoms with van der Waals surface area (Å²) in [6, 6.07) is 9.55. The Bertz CT molecular complexity index is 592. The Balaban J connectivity index is 2.20. The molecule has 1 N–H and O–H groups in total. The van der Waals surface area contributed by atoms with Crippen molar-refractivity contribution in [3.63, 3.8) is 0 Å². The maximum atomic E-state index is 12.2. The fourth-order valence-corrected chi connectivity index (χ4v) is 2.43. The molecule has 19 heavy (non-hydrogen) atoms. The third-order valence-corrected chi connectivity index (χ3v) is 3.66. The molecule has 0 unspecified atom stereocenters. The maximum absolute atomic E-state index is 12.2. The molecule has 0 saturated heterocycles. The first-order chi connectivity index (χ1) is 9.15. The highest BCUT2D eigenvalue weighted by Gasteiger charge is 2.13. The lowest BCUT2D eigenvalue weighted by Gasteiger charge is -2.07. The summed E-state index contributed by atoms with van der Waals surface area (Å²) < 4.78 is 1.81. The van der Waals surface area contributed by atoms with E-state index in [2.05, 4.69) is 10.4 Å². The van der Waals surface area contributed by atoms with Gasteiger partial charge in [0.15, 0.2) is 5.69 Å². The molecule has 1 aromatic carbocycles. The highest BCUT2D eigenvalue weighted by Crippen LogP contribution is 2.24. The van der Waals surface area contributed by atoms with Gasteiger partial charge in [-0.25, -0.2) is 0 Å². The van der Waals surface area contributed by atoms with Gasteiger partial charge in [0, 0.05) is 17.1 Å². The Morgan fingerprint density at radius 1 is 1.42 bits per heavy atom. The number of aromatic nitrogens is 2. The van der Waals surface area contributed by atoms with Crippen LogP contribution in [0.1, 0.15) is 23.1 Å². The number of aryl methyl sites for hydroxylation is 2. The number of amides is 1. The zero-order chi connectivity index (χ0) is 13.8. The first kappa shape index (κ1) is 13.7. The number of rotatable bonds is 4. The number of benzene rings is 1. The van der Waals surface area contributed by atoms with Crippen LogP contribution in [0, 0.1) is 6.92 Å². The van der Waals surface area contributed by atoms with E-state index in [1.165, 1.54) is 0 Å². The number of hydrogen-bond donors (Lipinski definition) is 1. The second-order valence-electron chi connectivity index (χ2n) is 4.14. The molecule has 0 atom stereocenters. The van der Waals surface area contributed by atoms with E-state index in [0.29, 0.717) is 5.69 Å². The minimum absolute atomic E-state index is 0.170. The van der Waals surface area contributed by atoms with Crippen molar-refractivity contribution >= 4 is 23.4 Å². The average Bonchev–Trinajstić information content (AvgIpc) is 2.80. The summed E-state index contributed by atoms with van der Waals surface area (Å²) in [5.74, 6) is -0.170. The topological polar surface area (TPSA) is 46.9 Å². The van der Waals surface area contributed by atoms with Crippen LogP contribution >= 0.6 is 11.8 Å². The lowest BCUT2D eigenvalue weighted by Crippen LogP contribution is -2.13. The first-order valence-electron chi connectivity index (χ1n) is 6.14. The number of carbonyl (C=O) groups is 1. The molecular weight excluding hydrogens is 258 g/mol. The number of nitrogens with zero attached hydrogens (tertiary/aromatic N) is 2. The lowest BCUT2D eigenvalue weighted by atomic mass is 10.3. The minimum atomic E-state index is -0.170. The summed E-state index contributed by atoms with van der Waals surface area (Å²) in [6.45, 7) is 4.72. The predicted octanol–water partition coefficient (Wildman–Crippen LogP) is 3.19. The fourth-order valence-electron chi connectivity index (χ4n) is 1.88. The monoisotopic (exact) mass is 275 g/mol. The molecule has 0 spiro atoms. The zero-order valence-corrected chi connectivity index (χ0v) is 12.1. The summed E-state index contributed by atoms with van der Waals surface area (Å²) in [4.78, 5) is 13.2. The highest BCUT2D eigenvalue weighted by molar-refractivity contribution is 7.98. The molecule has 2 rings (SSSR count). The van der Waals surface area contributed by atoms with Crippen molar-refractivity contribution < 1.29 is 4.79 Å². The molecule has 0 fully saturated rings. The van der Waals surface area contributed by atoms with Gasteiger partial charge < -0.3 is 5.32 Å². The van der Waals surface area contributed by atoms with E-state index in [0.717, 1.165) is 22.8 Å². The van der Waals surface area contributed by atoms with Crippen LogP contribution in [0.4, 0.5) is 5.69 Å². The SMILES string of the molecule is CCn1nc(C(=O)Nc2ccccc2SC)cc1C. The van der Waals surface area contributed by atoms with Crippen molar-refractivity contribution in [2.75, 3.05) is 11.6 Å². The van der Waals surface area contributed by atoms with E-state index in [4.69, 9.17) is 0 Å². The summed E-state index contributed by atoms with van der Waals surface area (Å²) in [6.07, 6.45) is 1.99. The van der Waals surface area contributed by atoms with Gasteiger partial charge in [-0.15, -0.1) is 11.8 Å². The smallest absolute Gasteiger partial charge is 0.276 e. The summed E-state index contributed by atoms with van der Waals surface area (Å²) in [5, 5.41) is 7.18. The Kier molecular flexibility index (Phi) is 4.27. The second-order valence-corrected chi connectivity index (χ2v) is 4.99. The molecule has 5 heteroatoms. The molecule has 0 radical (unpaired) electrons. The average molecular weight is 275 g/mol. The number of nitrogens with one attached hydrogen (secondary N) is 1. The van der Waals surface area contributed by atoms with Crippen LogP contribution in [-0.2, 0) is 6.54 Å². The fraction of sp³-hybridized carbons (Fsp3) is 0.286. The van der Waals surface area contributed by atoms with Gasteiger partial charge in [-0.1, -0.05) is 12.1 Å². The van der Waals surface area contributed by atoms with Gasteiger partial charge in [0.1, 0.15) is 0 Å². The number of carbonyl (C=O) groups excluding carboxylic acids is 1. The maximum Gasteiger partial charge on any atom is 0.276 e. The third kappa shape index (κ3) is 2.98. The second kappa shape index (κ2) is 5.93. The van der Waals surface area contributed by atoms with Gasteiger partial charge in [0.25, 0.3) is 5.91 Å². The Hall–Kier alpha value is -1.75. The molecule has 2 aromatic rings. The number of thioether (sulfide) groups is 1. The Morgan fingerprint density at radius 3 is 2.79 bits per heavy atom. The van der Waals surface area contributed by atoms with Gasteiger partial charge >= 0.3 is 0 Å². The van der Waals surface area contributed by atoms with Crippen molar-refractivity contribution in [1.82, 2.24) is 9.78 Å². The van der Waals surface area contributed by atoms with E-state index in [-0.39, 0.29) is 5.91 Å². The van der Waals surface area contributed by atoms with Crippen LogP contribution in [0.3, 0.4) is 0 Å². The van der Waals surface area contributed by atoms with Gasteiger partial charge in [-0.05, 0) is 38.3 Å². The van der Waals surface area contributed by atoms with E-state index in [9.17, 15) is 4.79 Å². The van der Waals surface area contributed by atoms with Gasteiger partial charge in [-0.3, -0.25) is 9.48 Å². The van der Waals surface area contributed by atoms with Crippen molar-refractivity contribution in [1.29, 1.82) is 0 Å². The van der Waals surface area contributed by atoms with Crippen molar-refractivity contribution in [2.24, 2.45) is 0 Å². The van der Waals surface area contributed by atoms with Crippen molar-refractivity contribution in [3.8, 4) is 0 Å². The summed E-state index contributed by atoms with van der Waals surface area (Å²) >= 11 is 1.61. The van der Waals surface area contributed by atoms with Crippen LogP contribution < -0.4 is 5.32 Å². The molecule has 0 aliphatic heterocycles. The summed E-state index contributed by atoms with van der Waals surface area (Å²) in [7, 11) is 0. The van der Waals surface area contributed by atoms with E-state index in [1.54, 1.807) is 17.8 Å². The molecule has 4 nitrogen and oxygen atoms in total. The normalized spacial score (nSPS) is 10.5. The van der Waals surface area contributed by atoms with Crippen LogP contribution in [0.2, 0.25) is 0 Å². The minimum Gasteiger partial charge on any atom is -0.320 e. The van der Waals surface area contributed by atoms with Crippen LogP contribution in [-0.4, -0.2) is 21.9 Å². The van der Waals surface area contributed by atoms with Crippen molar-refractivity contribution in [2.45, 2.75) is 25.3 Å². The summed E-state index contributed by atoms with van der Waals surface area (Å²) in [5.41, 5.74) is 2.27. The molecule has 0 aliphatic rings. The quantitative estimate of drug-likeness (QED) is 0.872. The largest absolute Gasteiger partial charge is 0.320 e. The van der Waals surface area contributed by atoms with E-state index >= 15 is 0 Å². The third-order valence-electron chi connectivity index (χ3n) is 2.87. The van der Waals surface area contributed by atoms with Crippen molar-refractivity contribution in [3.05, 3.63) is 41.7 Å². The first-order valence-corrected chi connectivity index (χ1v) is 7.37. The molecule has 0 aliphatic carbocycles. The van der Waals surface area contributed by atoms with Crippen LogP contribution in [0.25, 0.3) is 0 Å². The van der Waals surface area contributed by atoms with Gasteiger partial charge in [0.05, 0.1) is 5.69 Å². The predicted molar refractivity (Wildman–Crippen MR) is 78.8 cm³/mol. The van der Waals surface area contributed by atoms with E-state index in [1.807, 2.05) is 49.1 Å². The standard InChI is InChI=1S/C14H17N3OS/c1-4-17-10(2)9-12(16-17)14(18)15-11-7-5-6-8-13(11)19-3/h5-9H,4H2,1-3H3,(H,15,18). The zero-order valence-electron chi connectivity index (χ0n) is 11.3. The Labute approximate surface area is 117 Å². The molecule has 0 bridgehead atoms. The molecule has 1 heterocycles. The highest BCUT2D eigenvalue weighted by atomic mass is 32.2. The van der Waals surface area contributed by atoms with Crippen LogP contribution in [0.15, 0.2) is 35.2 Å². The number of anilines is 1. The molecule has 0 saturated carbocycles. The van der Waals surface area contributed by atoms with Crippen LogP contribution in [0.5, 0.6) is 0 Å². The van der Waals surface area contributed by atoms with E-state index < -0.39 is 0 Å². The molecular formula is C14H17N3OS. The number of para-hydroxylation sites is 1. The Morgan fingerprint density at radius 2 is 2.16 bits per heavy atom. The van der Waals surface area contributed by atoms with Gasteiger partial charge in [-0.2, -0.15) is 5.10 Å². The van der Waals surface area contributed by atoms with Gasteiger partial charge in [0.2, 0.25) is 0 Å². The molecule has 1 aromatic heterocycles.